The summed E-state index contributed by atoms with van der Waals surface area (Å²) in [6.07, 6.45) is 0.944. The highest BCUT2D eigenvalue weighted by Gasteiger charge is 2.27. The Hall–Kier alpha value is -2.27. The molecule has 120 valence electrons. The molecule has 0 radical (unpaired) electrons. The van der Waals surface area contributed by atoms with Crippen molar-refractivity contribution in [3.05, 3.63) is 65.7 Å². The fourth-order valence-corrected chi connectivity index (χ4v) is 2.69. The van der Waals surface area contributed by atoms with E-state index >= 15 is 0 Å². The largest absolute Gasteiger partial charge is 0.444 e. The maximum atomic E-state index is 12.5. The second-order valence-electron chi connectivity index (χ2n) is 5.13. The zero-order chi connectivity index (χ0) is 16.8. The minimum Gasteiger partial charge on any atom is -0.444 e. The van der Waals surface area contributed by atoms with Crippen LogP contribution in [-0.2, 0) is 9.53 Å². The van der Waals surface area contributed by atoms with Crippen molar-refractivity contribution >= 4 is 23.6 Å². The number of ether oxygens (including phenoxy) is 1. The van der Waals surface area contributed by atoms with Crippen LogP contribution in [0.5, 0.6) is 0 Å². The van der Waals surface area contributed by atoms with Gasteiger partial charge >= 0.3 is 5.97 Å². The van der Waals surface area contributed by atoms with Gasteiger partial charge in [-0.05, 0) is 18.4 Å². The van der Waals surface area contributed by atoms with E-state index in [0.717, 1.165) is 4.90 Å². The number of hydrogen-bond acceptors (Lipinski definition) is 4. The molecular formula is C18H19NO3S. The Kier molecular flexibility index (Phi) is 5.82. The molecule has 0 saturated carbocycles. The minimum atomic E-state index is -0.950. The molecule has 23 heavy (non-hydrogen) atoms. The number of carbonyl (C=O) groups is 2. The zero-order valence-corrected chi connectivity index (χ0v) is 14.2. The topological polar surface area (TPSA) is 46.6 Å². The van der Waals surface area contributed by atoms with Crippen molar-refractivity contribution in [3.63, 3.8) is 0 Å². The molecule has 0 fully saturated rings. The molecule has 2 aromatic rings. The Morgan fingerprint density at radius 2 is 1.61 bits per heavy atom. The first-order valence-electron chi connectivity index (χ1n) is 7.14. The minimum absolute atomic E-state index is 0.272. The lowest BCUT2D eigenvalue weighted by Crippen LogP contribution is -2.31. The third kappa shape index (κ3) is 4.13. The van der Waals surface area contributed by atoms with Gasteiger partial charge in [0.05, 0.1) is 5.56 Å². The lowest BCUT2D eigenvalue weighted by Gasteiger charge is -2.21. The normalized spacial score (nSPS) is 11.6. The Labute approximate surface area is 140 Å². The quantitative estimate of drug-likeness (QED) is 0.623. The van der Waals surface area contributed by atoms with Gasteiger partial charge in [0, 0.05) is 24.6 Å². The van der Waals surface area contributed by atoms with E-state index in [1.807, 2.05) is 36.6 Å². The lowest BCUT2D eigenvalue weighted by atomic mass is 10.1. The van der Waals surface area contributed by atoms with E-state index in [4.69, 9.17) is 4.74 Å². The number of thioether (sulfide) groups is 1. The molecule has 4 nitrogen and oxygen atoms in total. The molecule has 0 bridgehead atoms. The highest BCUT2D eigenvalue weighted by Crippen LogP contribution is 2.25. The second kappa shape index (κ2) is 7.83. The molecule has 0 spiro atoms. The highest BCUT2D eigenvalue weighted by molar-refractivity contribution is 7.98. The Morgan fingerprint density at radius 3 is 2.22 bits per heavy atom. The third-order valence-corrected chi connectivity index (χ3v) is 4.11. The fourth-order valence-electron chi connectivity index (χ4n) is 2.11. The van der Waals surface area contributed by atoms with Gasteiger partial charge in [-0.25, -0.2) is 4.79 Å². The van der Waals surface area contributed by atoms with Crippen LogP contribution < -0.4 is 0 Å². The van der Waals surface area contributed by atoms with Crippen LogP contribution in [0.2, 0.25) is 0 Å². The van der Waals surface area contributed by atoms with Crippen molar-refractivity contribution in [1.82, 2.24) is 4.90 Å². The van der Waals surface area contributed by atoms with Crippen molar-refractivity contribution in [2.45, 2.75) is 11.0 Å². The molecule has 2 aromatic carbocycles. The molecule has 1 unspecified atom stereocenters. The Bertz CT molecular complexity index is 686. The van der Waals surface area contributed by atoms with Crippen LogP contribution in [0, 0.1) is 0 Å². The van der Waals surface area contributed by atoms with Gasteiger partial charge in [0.2, 0.25) is 6.10 Å². The van der Waals surface area contributed by atoms with Crippen LogP contribution in [0.4, 0.5) is 0 Å². The third-order valence-electron chi connectivity index (χ3n) is 3.32. The van der Waals surface area contributed by atoms with Crippen molar-refractivity contribution in [2.24, 2.45) is 0 Å². The summed E-state index contributed by atoms with van der Waals surface area (Å²) in [6.45, 7) is 0. The predicted molar refractivity (Wildman–Crippen MR) is 91.5 cm³/mol. The monoisotopic (exact) mass is 329 g/mol. The fraction of sp³-hybridized carbons (Fsp3) is 0.222. The highest BCUT2D eigenvalue weighted by atomic mass is 32.2. The number of nitrogens with zero attached hydrogens (tertiary/aromatic N) is 1. The van der Waals surface area contributed by atoms with Crippen LogP contribution in [0.25, 0.3) is 0 Å². The average Bonchev–Trinajstić information content (AvgIpc) is 2.59. The molecule has 0 aliphatic heterocycles. The summed E-state index contributed by atoms with van der Waals surface area (Å²) in [4.78, 5) is 27.2. The zero-order valence-electron chi connectivity index (χ0n) is 13.4. The molecule has 5 heteroatoms. The van der Waals surface area contributed by atoms with Gasteiger partial charge in [0.25, 0.3) is 5.91 Å². The number of esters is 1. The Balaban J connectivity index is 2.31. The Morgan fingerprint density at radius 1 is 1.00 bits per heavy atom. The molecule has 0 heterocycles. The van der Waals surface area contributed by atoms with E-state index < -0.39 is 12.1 Å². The SMILES string of the molecule is CSc1ccccc1C(=O)OC(C(=O)N(C)C)c1ccccc1. The summed E-state index contributed by atoms with van der Waals surface area (Å²) in [5, 5.41) is 0. The molecule has 0 N–H and O–H groups in total. The number of carbonyl (C=O) groups excluding carboxylic acids is 2. The van der Waals surface area contributed by atoms with Crippen LogP contribution >= 0.6 is 11.8 Å². The first-order valence-corrected chi connectivity index (χ1v) is 8.37. The van der Waals surface area contributed by atoms with Crippen LogP contribution in [0.15, 0.2) is 59.5 Å². The maximum Gasteiger partial charge on any atom is 0.340 e. The molecule has 0 aliphatic rings. The lowest BCUT2D eigenvalue weighted by molar-refractivity contribution is -0.138. The number of rotatable bonds is 5. The average molecular weight is 329 g/mol. The van der Waals surface area contributed by atoms with Crippen LogP contribution in [0.3, 0.4) is 0 Å². The summed E-state index contributed by atoms with van der Waals surface area (Å²) in [5.74, 6) is -0.773. The number of likely N-dealkylation sites (N-methyl/N-ethyl adjacent to an activating group) is 1. The van der Waals surface area contributed by atoms with Gasteiger partial charge in [0.15, 0.2) is 0 Å². The van der Waals surface area contributed by atoms with Crippen molar-refractivity contribution in [1.29, 1.82) is 0 Å². The molecule has 1 atom stereocenters. The summed E-state index contributed by atoms with van der Waals surface area (Å²) < 4.78 is 5.54. The predicted octanol–water partition coefficient (Wildman–Crippen LogP) is 3.39. The van der Waals surface area contributed by atoms with Gasteiger partial charge in [-0.3, -0.25) is 4.79 Å². The van der Waals surface area contributed by atoms with E-state index in [-0.39, 0.29) is 5.91 Å². The van der Waals surface area contributed by atoms with Crippen LogP contribution in [0.1, 0.15) is 22.0 Å². The van der Waals surface area contributed by atoms with E-state index in [9.17, 15) is 9.59 Å². The second-order valence-corrected chi connectivity index (χ2v) is 5.98. The van der Waals surface area contributed by atoms with Gasteiger partial charge in [0.1, 0.15) is 0 Å². The number of benzene rings is 2. The van der Waals surface area contributed by atoms with E-state index in [1.54, 1.807) is 38.4 Å². The van der Waals surface area contributed by atoms with Crippen molar-refractivity contribution < 1.29 is 14.3 Å². The smallest absolute Gasteiger partial charge is 0.340 e. The molecule has 2 rings (SSSR count). The van der Waals surface area contributed by atoms with E-state index in [1.165, 1.54) is 16.7 Å². The molecule has 1 amide bonds. The first kappa shape index (κ1) is 17.1. The van der Waals surface area contributed by atoms with E-state index in [2.05, 4.69) is 0 Å². The van der Waals surface area contributed by atoms with Gasteiger partial charge in [-0.15, -0.1) is 11.8 Å². The van der Waals surface area contributed by atoms with Gasteiger partial charge < -0.3 is 9.64 Å². The van der Waals surface area contributed by atoms with E-state index in [0.29, 0.717) is 11.1 Å². The summed E-state index contributed by atoms with van der Waals surface area (Å²) >= 11 is 1.47. The van der Waals surface area contributed by atoms with Crippen LogP contribution in [-0.4, -0.2) is 37.1 Å². The van der Waals surface area contributed by atoms with Crippen molar-refractivity contribution in [2.75, 3.05) is 20.4 Å². The molecule has 0 aromatic heterocycles. The standard InChI is InChI=1S/C18H19NO3S/c1-19(2)17(20)16(13-9-5-4-6-10-13)22-18(21)14-11-7-8-12-15(14)23-3/h4-12,16H,1-3H3. The molecule has 0 aliphatic carbocycles. The van der Waals surface area contributed by atoms with Gasteiger partial charge in [-0.2, -0.15) is 0 Å². The summed E-state index contributed by atoms with van der Waals surface area (Å²) in [6, 6.07) is 16.2. The number of hydrogen-bond donors (Lipinski definition) is 0. The molecule has 0 saturated heterocycles. The first-order chi connectivity index (χ1) is 11.0. The summed E-state index contributed by atoms with van der Waals surface area (Å²) in [5.41, 5.74) is 1.12. The summed E-state index contributed by atoms with van der Waals surface area (Å²) in [7, 11) is 3.28. The van der Waals surface area contributed by atoms with Crippen molar-refractivity contribution in [3.8, 4) is 0 Å². The molecular weight excluding hydrogens is 310 g/mol. The maximum absolute atomic E-state index is 12.5. The number of amides is 1. The van der Waals surface area contributed by atoms with Gasteiger partial charge in [-0.1, -0.05) is 42.5 Å².